The van der Waals surface area contributed by atoms with Crippen LogP contribution in [0.25, 0.3) is 52.8 Å². The van der Waals surface area contributed by atoms with Crippen LogP contribution in [-0.2, 0) is 5.41 Å². The zero-order valence-electron chi connectivity index (χ0n) is 35.4. The summed E-state index contributed by atoms with van der Waals surface area (Å²) in [7, 11) is 0. The van der Waals surface area contributed by atoms with Crippen LogP contribution >= 0.6 is 11.3 Å². The minimum atomic E-state index is -1.33. The van der Waals surface area contributed by atoms with Gasteiger partial charge in [-0.25, -0.2) is 0 Å². The SMILES string of the molecule is [2H]c1c([2H])c([2H])c2c([2H])c(C3(c4ccc5sc6ccccc6c5c4)c4ccccc4-c4cc(N(c5ccccc5)c5cccc6ccccc56)ccc43)c([2H])c([2H])c2c1[2H]. The van der Waals surface area contributed by atoms with E-state index in [0.717, 1.165) is 75.8 Å². The van der Waals surface area contributed by atoms with Crippen molar-refractivity contribution in [2.75, 3.05) is 4.90 Å². The van der Waals surface area contributed by atoms with Crippen LogP contribution in [0.1, 0.15) is 31.8 Å². The van der Waals surface area contributed by atoms with Crippen molar-refractivity contribution in [1.82, 2.24) is 0 Å². The summed E-state index contributed by atoms with van der Waals surface area (Å²) in [5.41, 5.74) is 6.04. The molecule has 9 aromatic carbocycles. The summed E-state index contributed by atoms with van der Waals surface area (Å²) in [6, 6.07) is 51.4. The van der Waals surface area contributed by atoms with E-state index in [1.807, 2.05) is 54.6 Å². The van der Waals surface area contributed by atoms with E-state index in [-0.39, 0.29) is 34.5 Å². The Morgan fingerprint density at radius 2 is 1.19 bits per heavy atom. The third-order valence-corrected chi connectivity index (χ3v) is 11.9. The van der Waals surface area contributed by atoms with E-state index in [1.54, 1.807) is 11.3 Å². The van der Waals surface area contributed by atoms with Gasteiger partial charge in [0.25, 0.3) is 0 Å². The monoisotopic (exact) mass is 698 g/mol. The molecule has 1 unspecified atom stereocenters. The number of rotatable bonds is 5. The molecule has 1 aliphatic carbocycles. The molecule has 2 heteroatoms. The number of nitrogens with zero attached hydrogens (tertiary/aromatic N) is 1. The molecule has 1 atom stereocenters. The lowest BCUT2D eigenvalue weighted by molar-refractivity contribution is 0.771. The molecule has 1 nitrogen and oxygen atoms in total. The lowest BCUT2D eigenvalue weighted by Gasteiger charge is -2.34. The Kier molecular flexibility index (Phi) is 5.31. The average Bonchev–Trinajstić information content (AvgIpc) is 3.80. The standard InChI is InChI=1S/C51H33NS/c1-2-17-39(18-3-1)52(48-23-12-16-35-14-6-7-19-41(35)48)40-28-29-47-44(33-40)42-20-8-10-22-46(42)51(47,37-26-25-34-13-4-5-15-36(34)31-37)38-27-30-50-45(32-38)43-21-9-11-24-49(43)53-50/h1-33H/i4D,5D,13D,15D,25D,26D,31D. The van der Waals surface area contributed by atoms with E-state index >= 15 is 0 Å². The Morgan fingerprint density at radius 1 is 0.453 bits per heavy atom. The third-order valence-electron chi connectivity index (χ3n) is 10.7. The highest BCUT2D eigenvalue weighted by Gasteiger charge is 2.46. The normalized spacial score (nSPS) is 16.7. The second kappa shape index (κ2) is 11.8. The van der Waals surface area contributed by atoms with Gasteiger partial charge in [-0.3, -0.25) is 0 Å². The lowest BCUT2D eigenvalue weighted by Crippen LogP contribution is -2.28. The molecule has 11 rings (SSSR count). The van der Waals surface area contributed by atoms with Crippen LogP contribution < -0.4 is 4.90 Å². The first-order valence-electron chi connectivity index (χ1n) is 21.2. The summed E-state index contributed by atoms with van der Waals surface area (Å²) in [5, 5.41) is 4.15. The molecular weight excluding hydrogens is 659 g/mol. The topological polar surface area (TPSA) is 3.24 Å². The van der Waals surface area contributed by atoms with Gasteiger partial charge in [0, 0.05) is 36.9 Å². The molecule has 1 aliphatic rings. The average molecular weight is 699 g/mol. The Hall–Kier alpha value is -6.48. The van der Waals surface area contributed by atoms with Gasteiger partial charge >= 0.3 is 0 Å². The summed E-state index contributed by atoms with van der Waals surface area (Å²) in [5.74, 6) is 0. The van der Waals surface area contributed by atoms with E-state index in [9.17, 15) is 4.11 Å². The van der Waals surface area contributed by atoms with Crippen LogP contribution in [-0.4, -0.2) is 0 Å². The maximum Gasteiger partial charge on any atom is 0.0714 e. The van der Waals surface area contributed by atoms with E-state index in [0.29, 0.717) is 0 Å². The number of thiophene rings is 1. The molecule has 0 saturated carbocycles. The highest BCUT2D eigenvalue weighted by atomic mass is 32.1. The molecule has 10 aromatic rings. The largest absolute Gasteiger partial charge is 0.310 e. The van der Waals surface area contributed by atoms with Gasteiger partial charge < -0.3 is 4.90 Å². The number of benzene rings is 9. The van der Waals surface area contributed by atoms with Gasteiger partial charge in [-0.15, -0.1) is 11.3 Å². The lowest BCUT2D eigenvalue weighted by atomic mass is 9.67. The summed E-state index contributed by atoms with van der Waals surface area (Å²) >= 11 is 1.70. The summed E-state index contributed by atoms with van der Waals surface area (Å²) in [6.07, 6.45) is 0. The van der Waals surface area contributed by atoms with Crippen molar-refractivity contribution in [3.63, 3.8) is 0 Å². The predicted octanol–water partition coefficient (Wildman–Crippen LogP) is 14.2. The van der Waals surface area contributed by atoms with Crippen molar-refractivity contribution in [2.45, 2.75) is 5.41 Å². The first kappa shape index (κ1) is 23.9. The molecule has 0 N–H and O–H groups in total. The summed E-state index contributed by atoms with van der Waals surface area (Å²) in [6.45, 7) is 0. The van der Waals surface area contributed by atoms with Crippen molar-refractivity contribution >= 4 is 70.1 Å². The van der Waals surface area contributed by atoms with Crippen LogP contribution in [0.4, 0.5) is 17.1 Å². The fourth-order valence-electron chi connectivity index (χ4n) is 8.47. The molecule has 0 fully saturated rings. The molecule has 248 valence electrons. The molecular formula is C51H33NS. The van der Waals surface area contributed by atoms with Crippen molar-refractivity contribution < 1.29 is 9.60 Å². The predicted molar refractivity (Wildman–Crippen MR) is 226 cm³/mol. The van der Waals surface area contributed by atoms with Crippen LogP contribution in [0.3, 0.4) is 0 Å². The maximum atomic E-state index is 10.0. The smallest absolute Gasteiger partial charge is 0.0714 e. The summed E-state index contributed by atoms with van der Waals surface area (Å²) in [4.78, 5) is 2.26. The Bertz CT molecular complexity index is 3430. The fourth-order valence-corrected chi connectivity index (χ4v) is 9.56. The van der Waals surface area contributed by atoms with E-state index in [2.05, 4.69) is 108 Å². The highest BCUT2D eigenvalue weighted by molar-refractivity contribution is 7.25. The Balaban J connectivity index is 1.28. The first-order chi connectivity index (χ1) is 29.2. The number of fused-ring (bicyclic) bond motifs is 8. The number of hydrogen-bond donors (Lipinski definition) is 0. The molecule has 0 spiro atoms. The molecule has 1 heterocycles. The van der Waals surface area contributed by atoms with Crippen LogP contribution in [0.2, 0.25) is 0 Å². The van der Waals surface area contributed by atoms with E-state index < -0.39 is 29.6 Å². The molecule has 0 radical (unpaired) electrons. The van der Waals surface area contributed by atoms with Crippen LogP contribution in [0.15, 0.2) is 200 Å². The van der Waals surface area contributed by atoms with Gasteiger partial charge in [0.05, 0.1) is 20.7 Å². The quantitative estimate of drug-likeness (QED) is 0.173. The minimum absolute atomic E-state index is 0.0628. The van der Waals surface area contributed by atoms with Crippen molar-refractivity contribution in [3.05, 3.63) is 222 Å². The van der Waals surface area contributed by atoms with Crippen LogP contribution in [0, 0.1) is 0 Å². The molecule has 0 aliphatic heterocycles. The highest BCUT2D eigenvalue weighted by Crippen LogP contribution is 2.58. The second-order valence-electron chi connectivity index (χ2n) is 13.5. The van der Waals surface area contributed by atoms with Gasteiger partial charge in [-0.1, -0.05) is 145 Å². The maximum absolute atomic E-state index is 10.0. The van der Waals surface area contributed by atoms with E-state index in [4.69, 9.17) is 5.48 Å². The van der Waals surface area contributed by atoms with Crippen molar-refractivity contribution in [3.8, 4) is 11.1 Å². The van der Waals surface area contributed by atoms with Gasteiger partial charge in [0.2, 0.25) is 0 Å². The summed E-state index contributed by atoms with van der Waals surface area (Å²) < 4.78 is 66.5. The second-order valence-corrected chi connectivity index (χ2v) is 14.6. The van der Waals surface area contributed by atoms with Gasteiger partial charge in [-0.2, -0.15) is 0 Å². The van der Waals surface area contributed by atoms with Crippen molar-refractivity contribution in [2.24, 2.45) is 0 Å². The first-order valence-corrected chi connectivity index (χ1v) is 18.5. The fraction of sp³-hybridized carbons (Fsp3) is 0.0196. The van der Waals surface area contributed by atoms with Gasteiger partial charge in [0.1, 0.15) is 0 Å². The number of para-hydroxylation sites is 1. The third kappa shape index (κ3) is 4.49. The van der Waals surface area contributed by atoms with Crippen LogP contribution in [0.5, 0.6) is 0 Å². The zero-order valence-corrected chi connectivity index (χ0v) is 29.2. The minimum Gasteiger partial charge on any atom is -0.310 e. The Morgan fingerprint density at radius 3 is 2.11 bits per heavy atom. The molecule has 1 aromatic heterocycles. The molecule has 0 bridgehead atoms. The molecule has 53 heavy (non-hydrogen) atoms. The number of hydrogen-bond acceptors (Lipinski definition) is 2. The van der Waals surface area contributed by atoms with Crippen molar-refractivity contribution in [1.29, 1.82) is 0 Å². The Labute approximate surface area is 322 Å². The molecule has 0 amide bonds. The molecule has 0 saturated heterocycles. The van der Waals surface area contributed by atoms with Gasteiger partial charge in [-0.05, 0) is 104 Å². The number of anilines is 3. The van der Waals surface area contributed by atoms with Gasteiger partial charge in [0.15, 0.2) is 0 Å². The zero-order chi connectivity index (χ0) is 41.0. The van der Waals surface area contributed by atoms with E-state index in [1.165, 1.54) is 0 Å².